The van der Waals surface area contributed by atoms with Crippen molar-refractivity contribution in [2.24, 2.45) is 5.92 Å². The number of hydrogen-bond acceptors (Lipinski definition) is 3. The van der Waals surface area contributed by atoms with Gasteiger partial charge in [0.15, 0.2) is 0 Å². The van der Waals surface area contributed by atoms with Crippen LogP contribution in [0.3, 0.4) is 0 Å². The molecule has 2 N–H and O–H groups in total. The van der Waals surface area contributed by atoms with Crippen LogP contribution in [0.15, 0.2) is 24.5 Å². The largest absolute Gasteiger partial charge is 0.481 e. The van der Waals surface area contributed by atoms with Crippen LogP contribution in [0.5, 0.6) is 0 Å². The molecule has 0 aromatic carbocycles. The van der Waals surface area contributed by atoms with E-state index in [1.54, 1.807) is 12.4 Å². The smallest absolute Gasteiger partial charge is 0.306 e. The lowest BCUT2D eigenvalue weighted by Gasteiger charge is -2.18. The van der Waals surface area contributed by atoms with Crippen molar-refractivity contribution in [1.29, 1.82) is 0 Å². The number of carboxylic acids is 1. The number of hydrogen-bond donors (Lipinski definition) is 2. The maximum Gasteiger partial charge on any atom is 0.306 e. The zero-order chi connectivity index (χ0) is 12.5. The molecule has 0 radical (unpaired) electrons. The number of aromatic amines is 1. The van der Waals surface area contributed by atoms with Crippen LogP contribution in [0.4, 0.5) is 0 Å². The van der Waals surface area contributed by atoms with Crippen LogP contribution in [-0.4, -0.2) is 26.3 Å². The van der Waals surface area contributed by atoms with E-state index in [1.165, 1.54) is 0 Å². The van der Waals surface area contributed by atoms with Gasteiger partial charge in [0.05, 0.1) is 11.6 Å². The Morgan fingerprint density at radius 2 is 2.17 bits per heavy atom. The molecule has 1 atom stereocenters. The topological polar surface area (TPSA) is 78.9 Å². The molecule has 0 aliphatic heterocycles. The van der Waals surface area contributed by atoms with Gasteiger partial charge in [-0.2, -0.15) is 5.10 Å². The Kier molecular flexibility index (Phi) is 2.59. The van der Waals surface area contributed by atoms with E-state index in [0.717, 1.165) is 28.9 Å². The minimum atomic E-state index is -0.722. The highest BCUT2D eigenvalue weighted by molar-refractivity contribution is 5.72. The molecule has 0 saturated heterocycles. The van der Waals surface area contributed by atoms with Gasteiger partial charge in [0, 0.05) is 35.6 Å². The minimum absolute atomic E-state index is 0.289. The fourth-order valence-corrected chi connectivity index (χ4v) is 2.47. The van der Waals surface area contributed by atoms with Crippen molar-refractivity contribution in [2.45, 2.75) is 19.3 Å². The minimum Gasteiger partial charge on any atom is -0.481 e. The molecule has 5 heteroatoms. The molecule has 0 bridgehead atoms. The molecule has 2 aromatic rings. The highest BCUT2D eigenvalue weighted by atomic mass is 16.4. The molecule has 2 heterocycles. The van der Waals surface area contributed by atoms with E-state index < -0.39 is 5.97 Å². The van der Waals surface area contributed by atoms with Gasteiger partial charge in [0.1, 0.15) is 0 Å². The third-order valence-electron chi connectivity index (χ3n) is 3.45. The van der Waals surface area contributed by atoms with Gasteiger partial charge in [0.2, 0.25) is 0 Å². The van der Waals surface area contributed by atoms with Gasteiger partial charge in [-0.05, 0) is 25.0 Å². The van der Waals surface area contributed by atoms with E-state index in [-0.39, 0.29) is 5.92 Å². The molecular formula is C13H13N3O2. The van der Waals surface area contributed by atoms with Crippen LogP contribution in [-0.2, 0) is 17.6 Å². The van der Waals surface area contributed by atoms with Crippen molar-refractivity contribution >= 4 is 5.97 Å². The number of carboxylic acid groups (broad SMARTS) is 1. The average molecular weight is 243 g/mol. The van der Waals surface area contributed by atoms with Crippen molar-refractivity contribution in [1.82, 2.24) is 15.2 Å². The number of aromatic nitrogens is 3. The molecule has 0 amide bonds. The standard InChI is InChI=1S/C13H13N3O2/c17-13(18)9-1-2-10-11(7-9)15-16-12(10)8-3-5-14-6-4-8/h3-6,9H,1-2,7H2,(H,15,16)(H,17,18). The molecular weight excluding hydrogens is 230 g/mol. The monoisotopic (exact) mass is 243 g/mol. The lowest BCUT2D eigenvalue weighted by atomic mass is 9.86. The highest BCUT2D eigenvalue weighted by Gasteiger charge is 2.27. The number of carbonyl (C=O) groups is 1. The average Bonchev–Trinajstić information content (AvgIpc) is 2.82. The van der Waals surface area contributed by atoms with Crippen LogP contribution >= 0.6 is 0 Å². The fraction of sp³-hybridized carbons (Fsp3) is 0.308. The van der Waals surface area contributed by atoms with Crippen LogP contribution in [0.2, 0.25) is 0 Å². The Labute approximate surface area is 104 Å². The third kappa shape index (κ3) is 1.77. The normalized spacial score (nSPS) is 18.3. The quantitative estimate of drug-likeness (QED) is 0.840. The lowest BCUT2D eigenvalue weighted by molar-refractivity contribution is -0.142. The highest BCUT2D eigenvalue weighted by Crippen LogP contribution is 2.31. The molecule has 0 spiro atoms. The number of fused-ring (bicyclic) bond motifs is 1. The van der Waals surface area contributed by atoms with E-state index in [2.05, 4.69) is 15.2 Å². The van der Waals surface area contributed by atoms with Crippen molar-refractivity contribution in [2.75, 3.05) is 0 Å². The van der Waals surface area contributed by atoms with E-state index >= 15 is 0 Å². The van der Waals surface area contributed by atoms with Gasteiger partial charge in [0.25, 0.3) is 0 Å². The summed E-state index contributed by atoms with van der Waals surface area (Å²) in [4.78, 5) is 15.0. The molecule has 1 aliphatic rings. The molecule has 1 unspecified atom stereocenters. The molecule has 2 aromatic heterocycles. The Balaban J connectivity index is 1.96. The van der Waals surface area contributed by atoms with Gasteiger partial charge in [-0.15, -0.1) is 0 Å². The van der Waals surface area contributed by atoms with Gasteiger partial charge in [-0.25, -0.2) is 0 Å². The van der Waals surface area contributed by atoms with Gasteiger partial charge < -0.3 is 5.11 Å². The summed E-state index contributed by atoms with van der Waals surface area (Å²) in [5, 5.41) is 16.3. The summed E-state index contributed by atoms with van der Waals surface area (Å²) < 4.78 is 0. The van der Waals surface area contributed by atoms with Crippen LogP contribution in [0, 0.1) is 5.92 Å². The number of nitrogens with zero attached hydrogens (tertiary/aromatic N) is 2. The van der Waals surface area contributed by atoms with Gasteiger partial charge in [-0.1, -0.05) is 0 Å². The summed E-state index contributed by atoms with van der Waals surface area (Å²) in [7, 11) is 0. The predicted octanol–water partition coefficient (Wildman–Crippen LogP) is 1.66. The molecule has 3 rings (SSSR count). The number of H-pyrrole nitrogens is 1. The number of rotatable bonds is 2. The molecule has 92 valence electrons. The molecule has 0 fully saturated rings. The van der Waals surface area contributed by atoms with E-state index in [0.29, 0.717) is 12.8 Å². The van der Waals surface area contributed by atoms with Gasteiger partial charge in [-0.3, -0.25) is 14.9 Å². The summed E-state index contributed by atoms with van der Waals surface area (Å²) in [6, 6.07) is 3.83. The van der Waals surface area contributed by atoms with Crippen LogP contribution in [0.25, 0.3) is 11.3 Å². The Morgan fingerprint density at radius 1 is 1.39 bits per heavy atom. The third-order valence-corrected chi connectivity index (χ3v) is 3.45. The van der Waals surface area contributed by atoms with Crippen molar-refractivity contribution in [3.63, 3.8) is 0 Å². The Morgan fingerprint density at radius 3 is 2.89 bits per heavy atom. The summed E-state index contributed by atoms with van der Waals surface area (Å²) in [6.45, 7) is 0. The maximum atomic E-state index is 11.0. The van der Waals surface area contributed by atoms with E-state index in [4.69, 9.17) is 5.11 Å². The van der Waals surface area contributed by atoms with Crippen LogP contribution in [0.1, 0.15) is 17.7 Å². The van der Waals surface area contributed by atoms with Crippen molar-refractivity contribution in [3.05, 3.63) is 35.8 Å². The van der Waals surface area contributed by atoms with Crippen molar-refractivity contribution in [3.8, 4) is 11.3 Å². The predicted molar refractivity (Wildman–Crippen MR) is 65.0 cm³/mol. The second kappa shape index (κ2) is 4.25. The first-order valence-electron chi connectivity index (χ1n) is 5.95. The zero-order valence-corrected chi connectivity index (χ0v) is 9.76. The summed E-state index contributed by atoms with van der Waals surface area (Å²) in [5.74, 6) is -1.01. The Hall–Kier alpha value is -2.17. The number of pyridine rings is 1. The second-order valence-corrected chi connectivity index (χ2v) is 4.54. The molecule has 1 aliphatic carbocycles. The molecule has 18 heavy (non-hydrogen) atoms. The van der Waals surface area contributed by atoms with E-state index in [9.17, 15) is 4.79 Å². The first-order valence-corrected chi connectivity index (χ1v) is 5.95. The second-order valence-electron chi connectivity index (χ2n) is 4.54. The molecule has 0 saturated carbocycles. The van der Waals surface area contributed by atoms with Crippen LogP contribution < -0.4 is 0 Å². The SMILES string of the molecule is O=C(O)C1CCc2c(-c3ccncc3)n[nH]c2C1. The zero-order valence-electron chi connectivity index (χ0n) is 9.76. The summed E-state index contributed by atoms with van der Waals surface area (Å²) in [6.07, 6.45) is 5.46. The first-order chi connectivity index (χ1) is 8.75. The summed E-state index contributed by atoms with van der Waals surface area (Å²) in [5.41, 5.74) is 4.06. The Bertz CT molecular complexity index is 577. The van der Waals surface area contributed by atoms with Crippen molar-refractivity contribution < 1.29 is 9.90 Å². The molecule has 5 nitrogen and oxygen atoms in total. The first kappa shape index (κ1) is 11.0. The van der Waals surface area contributed by atoms with E-state index in [1.807, 2.05) is 12.1 Å². The lowest BCUT2D eigenvalue weighted by Crippen LogP contribution is -2.22. The number of nitrogens with one attached hydrogen (secondary N) is 1. The fourth-order valence-electron chi connectivity index (χ4n) is 2.47. The van der Waals surface area contributed by atoms with Gasteiger partial charge >= 0.3 is 5.97 Å². The number of aliphatic carboxylic acids is 1. The summed E-state index contributed by atoms with van der Waals surface area (Å²) >= 11 is 0. The maximum absolute atomic E-state index is 11.0.